The van der Waals surface area contributed by atoms with Crippen molar-refractivity contribution in [1.29, 1.82) is 0 Å². The van der Waals surface area contributed by atoms with Gasteiger partial charge in [0.15, 0.2) is 5.69 Å². The molecule has 1 N–H and O–H groups in total. The lowest BCUT2D eigenvalue weighted by molar-refractivity contribution is -0.141. The first kappa shape index (κ1) is 15.9. The van der Waals surface area contributed by atoms with Crippen LogP contribution < -0.4 is 5.32 Å². The summed E-state index contributed by atoms with van der Waals surface area (Å²) < 4.78 is 37.3. The highest BCUT2D eigenvalue weighted by Gasteiger charge is 2.33. The molecule has 108 valence electrons. The Labute approximate surface area is 111 Å². The average Bonchev–Trinajstić information content (AvgIpc) is 2.28. The number of hydrogen-bond donors (Lipinski definition) is 1. The number of nitrogens with zero attached hydrogens (tertiary/aromatic N) is 2. The lowest BCUT2D eigenvalue weighted by Crippen LogP contribution is -2.35. The Morgan fingerprint density at radius 1 is 1.16 bits per heavy atom. The van der Waals surface area contributed by atoms with Crippen LogP contribution in [-0.2, 0) is 6.18 Å². The van der Waals surface area contributed by atoms with Gasteiger partial charge in [-0.1, -0.05) is 20.8 Å². The van der Waals surface area contributed by atoms with Gasteiger partial charge in [0.1, 0.15) is 0 Å². The summed E-state index contributed by atoms with van der Waals surface area (Å²) in [6, 6.07) is 2.56. The summed E-state index contributed by atoms with van der Waals surface area (Å²) >= 11 is 0. The molecule has 0 spiro atoms. The van der Waals surface area contributed by atoms with Crippen molar-refractivity contribution in [3.05, 3.63) is 23.5 Å². The first-order chi connectivity index (χ1) is 8.77. The second kappa shape index (κ2) is 6.32. The number of hydrogen-bond acceptors (Lipinski definition) is 3. The topological polar surface area (TPSA) is 37.8 Å². The molecule has 6 heteroatoms. The fourth-order valence-corrected chi connectivity index (χ4v) is 2.30. The number of nitrogens with one attached hydrogen (secondary N) is 1. The Hall–Kier alpha value is -1.17. The van der Waals surface area contributed by atoms with Crippen molar-refractivity contribution in [2.45, 2.75) is 45.8 Å². The minimum absolute atomic E-state index is 0.0368. The molecule has 2 atom stereocenters. The molecule has 0 aromatic carbocycles. The van der Waals surface area contributed by atoms with Crippen molar-refractivity contribution in [3.63, 3.8) is 0 Å². The summed E-state index contributed by atoms with van der Waals surface area (Å²) in [5.41, 5.74) is -0.355. The highest BCUT2D eigenvalue weighted by molar-refractivity contribution is 5.15. The van der Waals surface area contributed by atoms with Crippen molar-refractivity contribution < 1.29 is 13.2 Å². The molecular formula is C13H20F3N3. The lowest BCUT2D eigenvalue weighted by atomic mass is 9.86. The number of rotatable bonds is 5. The molecule has 19 heavy (non-hydrogen) atoms. The average molecular weight is 275 g/mol. The smallest absolute Gasteiger partial charge is 0.314 e. The van der Waals surface area contributed by atoms with Gasteiger partial charge in [-0.2, -0.15) is 18.3 Å². The first-order valence-electron chi connectivity index (χ1n) is 6.41. The van der Waals surface area contributed by atoms with E-state index in [2.05, 4.69) is 15.5 Å². The molecule has 1 heterocycles. The van der Waals surface area contributed by atoms with Crippen molar-refractivity contribution in [2.75, 3.05) is 6.54 Å². The molecule has 2 unspecified atom stereocenters. The zero-order valence-corrected chi connectivity index (χ0v) is 11.6. The Morgan fingerprint density at radius 2 is 1.79 bits per heavy atom. The van der Waals surface area contributed by atoms with Crippen molar-refractivity contribution in [3.8, 4) is 0 Å². The summed E-state index contributed by atoms with van der Waals surface area (Å²) in [6.07, 6.45) is -4.44. The van der Waals surface area contributed by atoms with Crippen molar-refractivity contribution >= 4 is 0 Å². The van der Waals surface area contributed by atoms with Crippen molar-refractivity contribution in [2.24, 2.45) is 5.92 Å². The monoisotopic (exact) mass is 275 g/mol. The van der Waals surface area contributed by atoms with Gasteiger partial charge in [-0.15, -0.1) is 5.10 Å². The van der Waals surface area contributed by atoms with Crippen molar-refractivity contribution in [1.82, 2.24) is 15.5 Å². The molecule has 1 rings (SSSR count). The van der Waals surface area contributed by atoms with Crippen LogP contribution in [0.25, 0.3) is 0 Å². The predicted molar refractivity (Wildman–Crippen MR) is 67.8 cm³/mol. The van der Waals surface area contributed by atoms with Crippen LogP contribution in [0.4, 0.5) is 13.2 Å². The van der Waals surface area contributed by atoms with Crippen LogP contribution in [0.2, 0.25) is 0 Å². The van der Waals surface area contributed by atoms with Crippen LogP contribution in [0.5, 0.6) is 0 Å². The summed E-state index contributed by atoms with van der Waals surface area (Å²) in [7, 11) is 0. The fraction of sp³-hybridized carbons (Fsp3) is 0.692. The van der Waals surface area contributed by atoms with E-state index >= 15 is 0 Å². The molecule has 0 radical (unpaired) electrons. The van der Waals surface area contributed by atoms with E-state index in [4.69, 9.17) is 0 Å². The van der Waals surface area contributed by atoms with E-state index in [9.17, 15) is 13.2 Å². The summed E-state index contributed by atoms with van der Waals surface area (Å²) in [5.74, 6) is 0.301. The van der Waals surface area contributed by atoms with Gasteiger partial charge in [0.2, 0.25) is 0 Å². The fourth-order valence-electron chi connectivity index (χ4n) is 2.30. The molecule has 1 aromatic rings. The second-order valence-electron chi connectivity index (χ2n) is 4.96. The second-order valence-corrected chi connectivity index (χ2v) is 4.96. The van der Waals surface area contributed by atoms with E-state index < -0.39 is 11.9 Å². The zero-order chi connectivity index (χ0) is 14.6. The SMILES string of the molecule is CCNC(C)C(c1ccc(C(F)(F)F)nn1)C(C)C. The molecule has 0 saturated heterocycles. The molecule has 0 amide bonds. The Balaban J connectivity index is 2.98. The van der Waals surface area contributed by atoms with Gasteiger partial charge in [0.25, 0.3) is 0 Å². The van der Waals surface area contributed by atoms with E-state index in [0.717, 1.165) is 12.6 Å². The van der Waals surface area contributed by atoms with E-state index in [0.29, 0.717) is 5.69 Å². The summed E-state index contributed by atoms with van der Waals surface area (Å²) in [4.78, 5) is 0. The third-order valence-electron chi connectivity index (χ3n) is 3.10. The Kier molecular flexibility index (Phi) is 5.29. The standard InChI is InChI=1S/C13H20F3N3/c1-5-17-9(4)12(8(2)3)10-6-7-11(19-18-10)13(14,15)16/h6-9,12,17H,5H2,1-4H3. The third-order valence-corrected chi connectivity index (χ3v) is 3.10. The maximum Gasteiger partial charge on any atom is 0.435 e. The van der Waals surface area contributed by atoms with Crippen LogP contribution in [0.15, 0.2) is 12.1 Å². The molecule has 0 saturated carbocycles. The van der Waals surface area contributed by atoms with E-state index in [1.165, 1.54) is 6.07 Å². The van der Waals surface area contributed by atoms with E-state index in [1.54, 1.807) is 0 Å². The number of aromatic nitrogens is 2. The van der Waals surface area contributed by atoms with Crippen LogP contribution in [0.1, 0.15) is 45.0 Å². The highest BCUT2D eigenvalue weighted by atomic mass is 19.4. The number of halogens is 3. The molecule has 0 bridgehead atoms. The molecule has 0 aliphatic rings. The molecule has 0 aliphatic carbocycles. The van der Waals surface area contributed by atoms with Gasteiger partial charge < -0.3 is 5.32 Å². The largest absolute Gasteiger partial charge is 0.435 e. The van der Waals surface area contributed by atoms with Crippen LogP contribution in [-0.4, -0.2) is 22.8 Å². The number of alkyl halides is 3. The highest BCUT2D eigenvalue weighted by Crippen LogP contribution is 2.30. The molecule has 3 nitrogen and oxygen atoms in total. The maximum atomic E-state index is 12.4. The lowest BCUT2D eigenvalue weighted by Gasteiger charge is -2.27. The molecule has 1 aromatic heterocycles. The van der Waals surface area contributed by atoms with Gasteiger partial charge in [-0.3, -0.25) is 0 Å². The molecular weight excluding hydrogens is 255 g/mol. The number of likely N-dealkylation sites (N-methyl/N-ethyl adjacent to an activating group) is 1. The van der Waals surface area contributed by atoms with E-state index in [-0.39, 0.29) is 17.9 Å². The minimum atomic E-state index is -4.44. The van der Waals surface area contributed by atoms with Crippen LogP contribution in [0, 0.1) is 5.92 Å². The summed E-state index contributed by atoms with van der Waals surface area (Å²) in [5, 5.41) is 10.3. The van der Waals surface area contributed by atoms with Crippen LogP contribution >= 0.6 is 0 Å². The van der Waals surface area contributed by atoms with Gasteiger partial charge in [-0.25, -0.2) is 0 Å². The minimum Gasteiger partial charge on any atom is -0.314 e. The quantitative estimate of drug-likeness (QED) is 0.896. The van der Waals surface area contributed by atoms with Gasteiger partial charge in [0.05, 0.1) is 5.69 Å². The Morgan fingerprint density at radius 3 is 2.16 bits per heavy atom. The maximum absolute atomic E-state index is 12.4. The zero-order valence-electron chi connectivity index (χ0n) is 11.6. The summed E-state index contributed by atoms with van der Waals surface area (Å²) in [6.45, 7) is 8.86. The normalized spacial score (nSPS) is 15.6. The van der Waals surface area contributed by atoms with Gasteiger partial charge in [0, 0.05) is 12.0 Å². The van der Waals surface area contributed by atoms with Gasteiger partial charge in [-0.05, 0) is 31.5 Å². The predicted octanol–water partition coefficient (Wildman–Crippen LogP) is 3.23. The van der Waals surface area contributed by atoms with Gasteiger partial charge >= 0.3 is 6.18 Å². The Bertz CT molecular complexity index is 387. The third kappa shape index (κ3) is 4.16. The first-order valence-corrected chi connectivity index (χ1v) is 6.41. The van der Waals surface area contributed by atoms with E-state index in [1.807, 2.05) is 27.7 Å². The molecule has 0 fully saturated rings. The van der Waals surface area contributed by atoms with Crippen LogP contribution in [0.3, 0.4) is 0 Å². The molecule has 0 aliphatic heterocycles.